The maximum Gasteiger partial charge on any atom is 0.0485 e. The molecule has 14 heavy (non-hydrogen) atoms. The first-order valence-corrected chi connectivity index (χ1v) is 4.46. The predicted octanol–water partition coefficient (Wildman–Crippen LogP) is 2.27. The first-order chi connectivity index (χ1) is 6.81. The van der Waals surface area contributed by atoms with E-state index in [9.17, 15) is 0 Å². The lowest BCUT2D eigenvalue weighted by atomic mass is 10.1. The van der Waals surface area contributed by atoms with Gasteiger partial charge in [0.15, 0.2) is 0 Å². The molecule has 0 saturated heterocycles. The summed E-state index contributed by atoms with van der Waals surface area (Å²) >= 11 is 0. The number of benzene rings is 2. The lowest BCUT2D eigenvalue weighted by Gasteiger charge is -2.05. The van der Waals surface area contributed by atoms with Gasteiger partial charge in [-0.15, -0.1) is 0 Å². The van der Waals surface area contributed by atoms with Crippen LogP contribution in [0.15, 0.2) is 49.0 Å². The zero-order valence-electron chi connectivity index (χ0n) is 7.83. The lowest BCUT2D eigenvalue weighted by molar-refractivity contribution is 0.996. The number of hydrazine groups is 1. The highest BCUT2D eigenvalue weighted by molar-refractivity contribution is 5.85. The van der Waals surface area contributed by atoms with Gasteiger partial charge in [0.1, 0.15) is 0 Å². The highest BCUT2D eigenvalue weighted by atomic mass is 15.2. The van der Waals surface area contributed by atoms with Crippen molar-refractivity contribution < 1.29 is 0 Å². The molecule has 0 saturated carbocycles. The SMILES string of the molecule is C=C(NN)c1ccc2ccccc2c1. The summed E-state index contributed by atoms with van der Waals surface area (Å²) in [5.74, 6) is 5.30. The van der Waals surface area contributed by atoms with Crippen LogP contribution in [0.3, 0.4) is 0 Å². The number of nitrogens with two attached hydrogens (primary N) is 1. The highest BCUT2D eigenvalue weighted by Crippen LogP contribution is 2.18. The molecule has 3 N–H and O–H groups in total. The van der Waals surface area contributed by atoms with Crippen LogP contribution < -0.4 is 11.3 Å². The van der Waals surface area contributed by atoms with Crippen molar-refractivity contribution in [1.82, 2.24) is 5.43 Å². The van der Waals surface area contributed by atoms with Crippen molar-refractivity contribution in [2.45, 2.75) is 0 Å². The van der Waals surface area contributed by atoms with Crippen LogP contribution in [-0.4, -0.2) is 0 Å². The first-order valence-electron chi connectivity index (χ1n) is 4.46. The second-order valence-electron chi connectivity index (χ2n) is 3.18. The van der Waals surface area contributed by atoms with E-state index in [0.717, 1.165) is 11.3 Å². The lowest BCUT2D eigenvalue weighted by Crippen LogP contribution is -2.18. The Morgan fingerprint density at radius 3 is 2.50 bits per heavy atom. The van der Waals surface area contributed by atoms with E-state index in [4.69, 9.17) is 5.84 Å². The van der Waals surface area contributed by atoms with Gasteiger partial charge in [-0.25, -0.2) is 0 Å². The van der Waals surface area contributed by atoms with Crippen LogP contribution in [-0.2, 0) is 0 Å². The molecule has 0 unspecified atom stereocenters. The Labute approximate surface area is 83.0 Å². The Morgan fingerprint density at radius 1 is 1.07 bits per heavy atom. The minimum atomic E-state index is 0.732. The van der Waals surface area contributed by atoms with Gasteiger partial charge in [0, 0.05) is 5.70 Å². The predicted molar refractivity (Wildman–Crippen MR) is 60.3 cm³/mol. The van der Waals surface area contributed by atoms with Crippen LogP contribution >= 0.6 is 0 Å². The molecule has 2 rings (SSSR count). The molecule has 2 heteroatoms. The van der Waals surface area contributed by atoms with Crippen LogP contribution in [0.5, 0.6) is 0 Å². The topological polar surface area (TPSA) is 38.0 Å². The van der Waals surface area contributed by atoms with Crippen molar-refractivity contribution in [2.75, 3.05) is 0 Å². The van der Waals surface area contributed by atoms with Crippen LogP contribution in [0.25, 0.3) is 16.5 Å². The van der Waals surface area contributed by atoms with Crippen LogP contribution in [0.1, 0.15) is 5.56 Å². The monoisotopic (exact) mass is 184 g/mol. The van der Waals surface area contributed by atoms with Crippen molar-refractivity contribution in [3.05, 3.63) is 54.6 Å². The fourth-order valence-corrected chi connectivity index (χ4v) is 1.46. The zero-order chi connectivity index (χ0) is 9.97. The molecule has 0 radical (unpaired) electrons. The Balaban J connectivity index is 2.56. The van der Waals surface area contributed by atoms with E-state index in [1.807, 2.05) is 18.2 Å². The number of hydrogen-bond acceptors (Lipinski definition) is 2. The maximum absolute atomic E-state index is 5.30. The highest BCUT2D eigenvalue weighted by Gasteiger charge is 1.97. The van der Waals surface area contributed by atoms with Crippen molar-refractivity contribution in [3.63, 3.8) is 0 Å². The summed E-state index contributed by atoms with van der Waals surface area (Å²) < 4.78 is 0. The number of nitrogens with one attached hydrogen (secondary N) is 1. The van der Waals surface area contributed by atoms with Gasteiger partial charge in [0.25, 0.3) is 0 Å². The van der Waals surface area contributed by atoms with Gasteiger partial charge in [0.2, 0.25) is 0 Å². The third-order valence-corrected chi connectivity index (χ3v) is 2.27. The summed E-state index contributed by atoms with van der Waals surface area (Å²) in [6.07, 6.45) is 0. The Morgan fingerprint density at radius 2 is 1.79 bits per heavy atom. The Hall–Kier alpha value is -1.80. The fourth-order valence-electron chi connectivity index (χ4n) is 1.46. The second-order valence-corrected chi connectivity index (χ2v) is 3.18. The molecule has 0 bridgehead atoms. The van der Waals surface area contributed by atoms with E-state index in [2.05, 4.69) is 36.3 Å². The molecule has 0 aromatic heterocycles. The van der Waals surface area contributed by atoms with Crippen molar-refractivity contribution in [2.24, 2.45) is 5.84 Å². The second kappa shape index (κ2) is 3.52. The minimum Gasteiger partial charge on any atom is -0.324 e. The van der Waals surface area contributed by atoms with Gasteiger partial charge >= 0.3 is 0 Å². The molecule has 2 nitrogen and oxygen atoms in total. The first kappa shape index (κ1) is 8.78. The number of rotatable bonds is 2. The van der Waals surface area contributed by atoms with Crippen molar-refractivity contribution in [1.29, 1.82) is 0 Å². The summed E-state index contributed by atoms with van der Waals surface area (Å²) in [6.45, 7) is 3.81. The molecular formula is C12H12N2. The molecule has 0 aliphatic heterocycles. The zero-order valence-corrected chi connectivity index (χ0v) is 7.83. The van der Waals surface area contributed by atoms with Crippen LogP contribution in [0.2, 0.25) is 0 Å². The summed E-state index contributed by atoms with van der Waals surface area (Å²) in [6, 6.07) is 14.3. The van der Waals surface area contributed by atoms with Crippen LogP contribution in [0, 0.1) is 0 Å². The summed E-state index contributed by atoms with van der Waals surface area (Å²) in [5.41, 5.74) is 4.30. The van der Waals surface area contributed by atoms with Crippen LogP contribution in [0.4, 0.5) is 0 Å². The molecule has 0 fully saturated rings. The van der Waals surface area contributed by atoms with E-state index >= 15 is 0 Å². The smallest absolute Gasteiger partial charge is 0.0485 e. The molecule has 0 heterocycles. The van der Waals surface area contributed by atoms with E-state index in [1.165, 1.54) is 10.8 Å². The summed E-state index contributed by atoms with van der Waals surface area (Å²) in [4.78, 5) is 0. The summed E-state index contributed by atoms with van der Waals surface area (Å²) in [5, 5.41) is 2.42. The largest absolute Gasteiger partial charge is 0.324 e. The van der Waals surface area contributed by atoms with Gasteiger partial charge in [-0.3, -0.25) is 5.84 Å². The van der Waals surface area contributed by atoms with Gasteiger partial charge in [-0.2, -0.15) is 0 Å². The standard InChI is InChI=1S/C12H12N2/c1-9(14-13)11-7-6-10-4-2-3-5-12(10)8-11/h2-8,14H,1,13H2. The molecule has 2 aromatic carbocycles. The molecule has 2 aromatic rings. The van der Waals surface area contributed by atoms with Gasteiger partial charge in [-0.1, -0.05) is 43.0 Å². The van der Waals surface area contributed by atoms with Gasteiger partial charge in [0.05, 0.1) is 0 Å². The molecule has 0 aliphatic carbocycles. The minimum absolute atomic E-state index is 0.732. The Kier molecular flexibility index (Phi) is 2.21. The van der Waals surface area contributed by atoms with E-state index < -0.39 is 0 Å². The average Bonchev–Trinajstić information content (AvgIpc) is 2.27. The normalized spacial score (nSPS) is 10.1. The molecular weight excluding hydrogens is 172 g/mol. The van der Waals surface area contributed by atoms with Crippen molar-refractivity contribution >= 4 is 16.5 Å². The molecule has 0 aliphatic rings. The number of fused-ring (bicyclic) bond motifs is 1. The third kappa shape index (κ3) is 1.47. The van der Waals surface area contributed by atoms with E-state index in [1.54, 1.807) is 0 Å². The number of hydrogen-bond donors (Lipinski definition) is 2. The van der Waals surface area contributed by atoms with E-state index in [0.29, 0.717) is 0 Å². The summed E-state index contributed by atoms with van der Waals surface area (Å²) in [7, 11) is 0. The molecule has 0 atom stereocenters. The van der Waals surface area contributed by atoms with E-state index in [-0.39, 0.29) is 0 Å². The molecule has 0 spiro atoms. The van der Waals surface area contributed by atoms with Gasteiger partial charge in [-0.05, 0) is 22.4 Å². The average molecular weight is 184 g/mol. The van der Waals surface area contributed by atoms with Gasteiger partial charge < -0.3 is 5.43 Å². The molecule has 70 valence electrons. The van der Waals surface area contributed by atoms with Crippen molar-refractivity contribution in [3.8, 4) is 0 Å². The third-order valence-electron chi connectivity index (χ3n) is 2.27. The molecule has 0 amide bonds. The quantitative estimate of drug-likeness (QED) is 0.555. The maximum atomic E-state index is 5.30. The Bertz CT molecular complexity index is 474. The fraction of sp³-hybridized carbons (Fsp3) is 0.